The Morgan fingerprint density at radius 3 is 2.44 bits per heavy atom. The molecule has 0 fully saturated rings. The number of ether oxygens (including phenoxy) is 1. The molecule has 1 aromatic carbocycles. The first-order chi connectivity index (χ1) is 8.29. The van der Waals surface area contributed by atoms with E-state index in [9.17, 15) is 4.79 Å². The number of carbonyl (C=O) groups is 1. The van der Waals surface area contributed by atoms with Crippen molar-refractivity contribution in [3.05, 3.63) is 41.6 Å². The molecule has 0 bridgehead atoms. The van der Waals surface area contributed by atoms with E-state index >= 15 is 0 Å². The van der Waals surface area contributed by atoms with Gasteiger partial charge in [0.05, 0.1) is 0 Å². The van der Waals surface area contributed by atoms with Crippen LogP contribution in [0.3, 0.4) is 0 Å². The number of nitrogens with one attached hydrogen (secondary N) is 1. The first-order valence-corrected chi connectivity index (χ1v) is 6.02. The number of benzene rings is 1. The molecule has 1 aromatic rings. The van der Waals surface area contributed by atoms with Crippen LogP contribution in [0.25, 0.3) is 5.57 Å². The normalized spacial score (nSPS) is 12.2. The Morgan fingerprint density at radius 2 is 1.89 bits per heavy atom. The quantitative estimate of drug-likeness (QED) is 0.861. The summed E-state index contributed by atoms with van der Waals surface area (Å²) in [5, 5.41) is 2.64. The lowest BCUT2D eigenvalue weighted by molar-refractivity contribution is 0.0552. The van der Waals surface area contributed by atoms with Crippen LogP contribution in [-0.4, -0.2) is 11.7 Å². The van der Waals surface area contributed by atoms with Gasteiger partial charge in [-0.05, 0) is 51.3 Å². The van der Waals surface area contributed by atoms with Crippen LogP contribution in [0.2, 0.25) is 0 Å². The number of amides is 1. The van der Waals surface area contributed by atoms with Crippen LogP contribution in [0, 0.1) is 6.92 Å². The zero-order valence-electron chi connectivity index (χ0n) is 11.7. The van der Waals surface area contributed by atoms with Gasteiger partial charge in [0.1, 0.15) is 5.60 Å². The Morgan fingerprint density at radius 1 is 1.28 bits per heavy atom. The molecule has 0 radical (unpaired) electrons. The standard InChI is InChI=1S/C15H21NO2/c1-11-8-6-7-9-13(11)12(2)10-16-14(17)18-15(3,4)5/h6-10H,1-5H3,(H,16,17)/b12-10-. The van der Waals surface area contributed by atoms with Crippen molar-refractivity contribution in [1.29, 1.82) is 0 Å². The molecule has 0 spiro atoms. The third-order valence-corrected chi connectivity index (χ3v) is 2.38. The van der Waals surface area contributed by atoms with Crippen LogP contribution in [0.1, 0.15) is 38.8 Å². The number of hydrogen-bond acceptors (Lipinski definition) is 2. The maximum Gasteiger partial charge on any atom is 0.411 e. The number of rotatable bonds is 2. The van der Waals surface area contributed by atoms with E-state index in [2.05, 4.69) is 5.32 Å². The van der Waals surface area contributed by atoms with Crippen LogP contribution < -0.4 is 5.32 Å². The average molecular weight is 247 g/mol. The van der Waals surface area contributed by atoms with Crippen molar-refractivity contribution in [2.24, 2.45) is 0 Å². The van der Waals surface area contributed by atoms with E-state index in [1.165, 1.54) is 5.56 Å². The highest BCUT2D eigenvalue weighted by molar-refractivity contribution is 5.73. The summed E-state index contributed by atoms with van der Waals surface area (Å²) < 4.78 is 5.16. The predicted octanol–water partition coefficient (Wildman–Crippen LogP) is 3.88. The van der Waals surface area contributed by atoms with Crippen molar-refractivity contribution in [3.63, 3.8) is 0 Å². The van der Waals surface area contributed by atoms with Gasteiger partial charge in [-0.3, -0.25) is 5.32 Å². The van der Waals surface area contributed by atoms with Crippen LogP contribution >= 0.6 is 0 Å². The van der Waals surface area contributed by atoms with Crippen LogP contribution in [0.15, 0.2) is 30.5 Å². The second-order valence-electron chi connectivity index (χ2n) is 5.29. The minimum Gasteiger partial charge on any atom is -0.444 e. The van der Waals surface area contributed by atoms with Gasteiger partial charge in [0.25, 0.3) is 0 Å². The molecule has 0 saturated carbocycles. The van der Waals surface area contributed by atoms with Gasteiger partial charge in [0.15, 0.2) is 0 Å². The lowest BCUT2D eigenvalue weighted by Crippen LogP contribution is -2.29. The zero-order valence-corrected chi connectivity index (χ0v) is 11.7. The minimum absolute atomic E-state index is 0.435. The fourth-order valence-electron chi connectivity index (χ4n) is 1.57. The molecule has 0 aliphatic rings. The average Bonchev–Trinajstić information content (AvgIpc) is 2.24. The molecule has 3 heteroatoms. The van der Waals surface area contributed by atoms with Crippen molar-refractivity contribution in [3.8, 4) is 0 Å². The highest BCUT2D eigenvalue weighted by Gasteiger charge is 2.15. The molecule has 0 atom stereocenters. The van der Waals surface area contributed by atoms with Gasteiger partial charge in [-0.2, -0.15) is 0 Å². The number of alkyl carbamates (subject to hydrolysis) is 1. The van der Waals surface area contributed by atoms with Crippen molar-refractivity contribution in [1.82, 2.24) is 5.32 Å². The summed E-state index contributed by atoms with van der Waals surface area (Å²) in [6.45, 7) is 9.51. The molecule has 18 heavy (non-hydrogen) atoms. The Bertz CT molecular complexity index is 456. The highest BCUT2D eigenvalue weighted by Crippen LogP contribution is 2.17. The molecule has 0 saturated heterocycles. The van der Waals surface area contributed by atoms with Gasteiger partial charge in [-0.15, -0.1) is 0 Å². The summed E-state index contributed by atoms with van der Waals surface area (Å²) >= 11 is 0. The lowest BCUT2D eigenvalue weighted by Gasteiger charge is -2.19. The second-order valence-corrected chi connectivity index (χ2v) is 5.29. The molecule has 98 valence electrons. The first-order valence-electron chi connectivity index (χ1n) is 6.02. The zero-order chi connectivity index (χ0) is 13.8. The predicted molar refractivity (Wildman–Crippen MR) is 74.2 cm³/mol. The van der Waals surface area contributed by atoms with E-state index < -0.39 is 11.7 Å². The molecule has 0 aromatic heterocycles. The summed E-state index contributed by atoms with van der Waals surface area (Å²) in [6.07, 6.45) is 1.24. The topological polar surface area (TPSA) is 38.3 Å². The summed E-state index contributed by atoms with van der Waals surface area (Å²) in [4.78, 5) is 11.5. The third kappa shape index (κ3) is 4.62. The molecule has 0 heterocycles. The van der Waals surface area contributed by atoms with E-state index in [-0.39, 0.29) is 0 Å². The maximum atomic E-state index is 11.5. The molecule has 1 N–H and O–H groups in total. The van der Waals surface area contributed by atoms with E-state index in [4.69, 9.17) is 4.74 Å². The van der Waals surface area contributed by atoms with E-state index in [1.54, 1.807) is 6.20 Å². The van der Waals surface area contributed by atoms with Gasteiger partial charge in [0, 0.05) is 6.20 Å². The summed E-state index contributed by atoms with van der Waals surface area (Å²) in [5.41, 5.74) is 2.82. The van der Waals surface area contributed by atoms with E-state index in [1.807, 2.05) is 58.9 Å². The van der Waals surface area contributed by atoms with Crippen molar-refractivity contribution < 1.29 is 9.53 Å². The third-order valence-electron chi connectivity index (χ3n) is 2.38. The van der Waals surface area contributed by atoms with Crippen molar-refractivity contribution >= 4 is 11.7 Å². The molecule has 1 amide bonds. The molecular weight excluding hydrogens is 226 g/mol. The number of allylic oxidation sites excluding steroid dienone is 1. The van der Waals surface area contributed by atoms with Crippen LogP contribution in [0.5, 0.6) is 0 Å². The lowest BCUT2D eigenvalue weighted by atomic mass is 10.0. The maximum absolute atomic E-state index is 11.5. The second kappa shape index (κ2) is 5.71. The van der Waals surface area contributed by atoms with Crippen molar-refractivity contribution in [2.45, 2.75) is 40.2 Å². The molecular formula is C15H21NO2. The van der Waals surface area contributed by atoms with E-state index in [0.29, 0.717) is 0 Å². The fourth-order valence-corrected chi connectivity index (χ4v) is 1.57. The van der Waals surface area contributed by atoms with Gasteiger partial charge < -0.3 is 4.74 Å². The van der Waals surface area contributed by atoms with Gasteiger partial charge in [-0.1, -0.05) is 24.3 Å². The summed E-state index contributed by atoms with van der Waals surface area (Å²) in [6, 6.07) is 8.04. The first kappa shape index (κ1) is 14.3. The summed E-state index contributed by atoms with van der Waals surface area (Å²) in [7, 11) is 0. The SMILES string of the molecule is C/C(=C/NC(=O)OC(C)(C)C)c1ccccc1C. The minimum atomic E-state index is -0.478. The number of aryl methyl sites for hydroxylation is 1. The largest absolute Gasteiger partial charge is 0.444 e. The van der Waals surface area contributed by atoms with E-state index in [0.717, 1.165) is 11.1 Å². The Labute approximate surface area is 109 Å². The fraction of sp³-hybridized carbons (Fsp3) is 0.400. The molecule has 0 aliphatic carbocycles. The molecule has 0 unspecified atom stereocenters. The Kier molecular flexibility index (Phi) is 4.54. The highest BCUT2D eigenvalue weighted by atomic mass is 16.6. The monoisotopic (exact) mass is 247 g/mol. The van der Waals surface area contributed by atoms with Gasteiger partial charge in [0.2, 0.25) is 0 Å². The van der Waals surface area contributed by atoms with Crippen molar-refractivity contribution in [2.75, 3.05) is 0 Å². The van der Waals surface area contributed by atoms with Crippen LogP contribution in [-0.2, 0) is 4.74 Å². The smallest absolute Gasteiger partial charge is 0.411 e. The number of hydrogen-bond donors (Lipinski definition) is 1. The summed E-state index contributed by atoms with van der Waals surface area (Å²) in [5.74, 6) is 0. The molecule has 3 nitrogen and oxygen atoms in total. The Balaban J connectivity index is 2.69. The Hall–Kier alpha value is -1.77. The molecule has 1 rings (SSSR count). The van der Waals surface area contributed by atoms with Gasteiger partial charge >= 0.3 is 6.09 Å². The van der Waals surface area contributed by atoms with Crippen LogP contribution in [0.4, 0.5) is 4.79 Å². The molecule has 0 aliphatic heterocycles. The van der Waals surface area contributed by atoms with Gasteiger partial charge in [-0.25, -0.2) is 4.79 Å². The number of carbonyl (C=O) groups excluding carboxylic acids is 1.